The summed E-state index contributed by atoms with van der Waals surface area (Å²) in [5.41, 5.74) is 0. The van der Waals surface area contributed by atoms with Gasteiger partial charge >= 0.3 is 102 Å². The molecule has 0 N–H and O–H groups in total. The van der Waals surface area contributed by atoms with E-state index in [1.807, 2.05) is 0 Å². The first-order valence-electron chi connectivity index (χ1n) is 1.07. The van der Waals surface area contributed by atoms with Gasteiger partial charge in [0.05, 0.1) is 0 Å². The van der Waals surface area contributed by atoms with Gasteiger partial charge in [-0.25, -0.2) is 0 Å². The average molecular weight is 732 g/mol. The van der Waals surface area contributed by atoms with E-state index in [4.69, 9.17) is 0 Å². The van der Waals surface area contributed by atoms with Crippen LogP contribution in [0, 0.1) is 0 Å². The zero-order valence-electron chi connectivity index (χ0n) is 2.93. The normalized spacial score (nSPS) is 3.33. The molecule has 0 fully saturated rings. The molecule has 0 aliphatic rings. The zero-order valence-corrected chi connectivity index (χ0v) is 19.6. The molecular formula is Cd2I4. The Bertz CT molecular complexity index is 7.51. The fraction of sp³-hybridized carbons (Fsp3) is 0. The van der Waals surface area contributed by atoms with Gasteiger partial charge in [0, 0.05) is 0 Å². The first-order chi connectivity index (χ1) is 2.83. The molecule has 0 aromatic carbocycles. The van der Waals surface area contributed by atoms with Crippen molar-refractivity contribution < 1.29 is 31.3 Å². The number of hydrogen-bond acceptors (Lipinski definition) is 0. The van der Waals surface area contributed by atoms with Crippen LogP contribution in [0.1, 0.15) is 0 Å². The number of hydrogen-bond donors (Lipinski definition) is 0. The summed E-state index contributed by atoms with van der Waals surface area (Å²) >= 11 is 9.80. The molecule has 0 aliphatic heterocycles. The van der Waals surface area contributed by atoms with E-state index in [0.717, 1.165) is 0 Å². The van der Waals surface area contributed by atoms with Crippen LogP contribution in [0.15, 0.2) is 0 Å². The minimum absolute atomic E-state index is 0.0700. The van der Waals surface area contributed by atoms with Crippen LogP contribution in [0.4, 0.5) is 0 Å². The van der Waals surface area contributed by atoms with Crippen LogP contribution in [0.2, 0.25) is 0 Å². The van der Waals surface area contributed by atoms with E-state index >= 15 is 0 Å². The molecule has 0 unspecified atom stereocenters. The fourth-order valence-corrected chi connectivity index (χ4v) is 0. The van der Waals surface area contributed by atoms with Crippen LogP contribution >= 0.6 is 71.0 Å². The monoisotopic (exact) mass is 735 g/mol. The Morgan fingerprint density at radius 3 is 0.667 bits per heavy atom. The van der Waals surface area contributed by atoms with Crippen LogP contribution in [0.3, 0.4) is 0 Å². The Morgan fingerprint density at radius 2 is 0.667 bits per heavy atom. The average Bonchev–Trinajstić information content (AvgIpc) is 1.39. The van der Waals surface area contributed by atoms with E-state index in [-0.39, 0.29) is 31.3 Å². The Kier molecular flexibility index (Phi) is 36.5. The predicted octanol–water partition coefficient (Wildman–Crippen LogP) is 3.54. The SMILES string of the molecule is [I][Cd][I].[I][Cd][I]. The van der Waals surface area contributed by atoms with E-state index in [9.17, 15) is 0 Å². The molecule has 0 aliphatic carbocycles. The van der Waals surface area contributed by atoms with Crippen LogP contribution in [0.5, 0.6) is 0 Å². The fourth-order valence-electron chi connectivity index (χ4n) is 0. The molecule has 32 valence electrons. The molecule has 0 spiro atoms. The molecular weight excluding hydrogens is 732 g/mol. The third kappa shape index (κ3) is 23.3. The third-order valence-electron chi connectivity index (χ3n) is 0. The molecule has 0 amide bonds. The van der Waals surface area contributed by atoms with Gasteiger partial charge in [0.25, 0.3) is 0 Å². The van der Waals surface area contributed by atoms with Gasteiger partial charge in [-0.1, -0.05) is 0 Å². The van der Waals surface area contributed by atoms with Crippen LogP contribution in [-0.2, 0) is 31.3 Å². The Balaban J connectivity index is 0. The Hall–Kier alpha value is 4.76. The molecule has 6 heteroatoms. The van der Waals surface area contributed by atoms with Crippen molar-refractivity contribution >= 4 is 71.0 Å². The first kappa shape index (κ1) is 13.4. The maximum atomic E-state index is 2.49. The van der Waals surface area contributed by atoms with Gasteiger partial charge in [0.15, 0.2) is 0 Å². The summed E-state index contributed by atoms with van der Waals surface area (Å²) in [5.74, 6) is 0. The summed E-state index contributed by atoms with van der Waals surface area (Å²) in [7, 11) is 0. The second-order valence-electron chi connectivity index (χ2n) is 0.202. The van der Waals surface area contributed by atoms with Crippen molar-refractivity contribution in [2.75, 3.05) is 0 Å². The summed E-state index contributed by atoms with van der Waals surface area (Å²) in [6.07, 6.45) is 0. The van der Waals surface area contributed by atoms with Crippen molar-refractivity contribution in [1.29, 1.82) is 0 Å². The first-order valence-corrected chi connectivity index (χ1v) is 48.1. The van der Waals surface area contributed by atoms with Crippen molar-refractivity contribution in [3.05, 3.63) is 0 Å². The molecule has 0 aromatic heterocycles. The maximum absolute atomic E-state index is 2.49. The van der Waals surface area contributed by atoms with Crippen molar-refractivity contribution in [1.82, 2.24) is 0 Å². The van der Waals surface area contributed by atoms with Gasteiger partial charge < -0.3 is 0 Å². The van der Waals surface area contributed by atoms with Crippen LogP contribution in [-0.4, -0.2) is 0 Å². The van der Waals surface area contributed by atoms with Gasteiger partial charge in [-0.3, -0.25) is 0 Å². The molecule has 0 saturated carbocycles. The predicted molar refractivity (Wildman–Crippen MR) is 56.1 cm³/mol. The van der Waals surface area contributed by atoms with E-state index in [1.54, 1.807) is 0 Å². The van der Waals surface area contributed by atoms with E-state index in [2.05, 4.69) is 71.0 Å². The number of halogens is 4. The molecule has 0 nitrogen and oxygen atoms in total. The summed E-state index contributed by atoms with van der Waals surface area (Å²) in [6, 6.07) is 0. The van der Waals surface area contributed by atoms with E-state index in [1.165, 1.54) is 0 Å². The molecule has 0 heterocycles. The molecule has 6 heavy (non-hydrogen) atoms. The molecule has 0 radical (unpaired) electrons. The van der Waals surface area contributed by atoms with Crippen molar-refractivity contribution in [2.45, 2.75) is 0 Å². The van der Waals surface area contributed by atoms with E-state index < -0.39 is 0 Å². The summed E-state index contributed by atoms with van der Waals surface area (Å²) in [6.45, 7) is 0. The van der Waals surface area contributed by atoms with Crippen molar-refractivity contribution in [3.8, 4) is 0 Å². The topological polar surface area (TPSA) is 0 Å². The minimum atomic E-state index is -0.0700. The van der Waals surface area contributed by atoms with E-state index in [0.29, 0.717) is 0 Å². The summed E-state index contributed by atoms with van der Waals surface area (Å²) < 4.78 is 0. The van der Waals surface area contributed by atoms with Gasteiger partial charge in [0.2, 0.25) is 0 Å². The zero-order chi connectivity index (χ0) is 5.41. The summed E-state index contributed by atoms with van der Waals surface area (Å²) in [5, 5.41) is 0. The third-order valence-corrected chi connectivity index (χ3v) is 0. The molecule has 0 atom stereocenters. The van der Waals surface area contributed by atoms with Gasteiger partial charge in [-0.2, -0.15) is 0 Å². The second-order valence-corrected chi connectivity index (χ2v) is 61.0. The van der Waals surface area contributed by atoms with Gasteiger partial charge in [0.1, 0.15) is 0 Å². The Morgan fingerprint density at radius 1 is 0.667 bits per heavy atom. The van der Waals surface area contributed by atoms with Gasteiger partial charge in [-0.15, -0.1) is 0 Å². The van der Waals surface area contributed by atoms with Crippen LogP contribution in [0.25, 0.3) is 0 Å². The number of rotatable bonds is 0. The standard InChI is InChI=1S/2Cd.4HI/h;;4*1H/q2*+2;;;;/p-4. The van der Waals surface area contributed by atoms with Crippen LogP contribution < -0.4 is 0 Å². The van der Waals surface area contributed by atoms with Crippen molar-refractivity contribution in [2.24, 2.45) is 0 Å². The molecule has 0 rings (SSSR count). The molecule has 0 saturated heterocycles. The molecule has 0 aromatic rings. The van der Waals surface area contributed by atoms with Crippen molar-refractivity contribution in [3.63, 3.8) is 0 Å². The quantitative estimate of drug-likeness (QED) is 0.265. The molecule has 0 bridgehead atoms. The summed E-state index contributed by atoms with van der Waals surface area (Å²) in [4.78, 5) is 0. The van der Waals surface area contributed by atoms with Gasteiger partial charge in [-0.05, 0) is 0 Å². The Labute approximate surface area is 98.3 Å². The second kappa shape index (κ2) is 16.4.